The van der Waals surface area contributed by atoms with E-state index in [1.54, 1.807) is 0 Å². The Morgan fingerprint density at radius 1 is 0.943 bits per heavy atom. The number of carbonyl (C=O) groups is 1. The Balaban J connectivity index is 2.06. The van der Waals surface area contributed by atoms with Gasteiger partial charge in [-0.3, -0.25) is 4.79 Å². The van der Waals surface area contributed by atoms with E-state index >= 15 is 0 Å². The molecule has 0 aromatic heterocycles. The molecule has 0 unspecified atom stereocenters. The number of hydrogen-bond acceptors (Lipinski definition) is 3. The molecule has 0 spiro atoms. The average molecular weight is 509 g/mol. The molecule has 2 aromatic carbocycles. The van der Waals surface area contributed by atoms with Crippen LogP contribution in [-0.4, -0.2) is 35.6 Å². The molecule has 0 bridgehead atoms. The second-order valence-electron chi connectivity index (χ2n) is 12.2. The van der Waals surface area contributed by atoms with Crippen LogP contribution in [0.4, 0.5) is 0 Å². The van der Waals surface area contributed by atoms with E-state index in [1.165, 1.54) is 17.5 Å². The number of allylic oxidation sites excluding steroid dienone is 1. The van der Waals surface area contributed by atoms with Crippen molar-refractivity contribution in [1.82, 2.24) is 0 Å². The lowest BCUT2D eigenvalue weighted by atomic mass is 9.91. The minimum atomic E-state index is -2.65. The van der Waals surface area contributed by atoms with E-state index in [1.807, 2.05) is 0 Å². The number of hydrogen-bond donors (Lipinski definition) is 0. The van der Waals surface area contributed by atoms with Crippen molar-refractivity contribution >= 4 is 32.7 Å². The predicted octanol–water partition coefficient (Wildman–Crippen LogP) is 6.42. The molecule has 3 atom stereocenters. The number of carbonyl (C=O) groups excluding carboxylic acids is 1. The van der Waals surface area contributed by atoms with Crippen molar-refractivity contribution in [2.75, 3.05) is 7.11 Å². The fourth-order valence-electron chi connectivity index (χ4n) is 5.52. The smallest absolute Gasteiger partial charge is 0.305 e. The lowest BCUT2D eigenvalue weighted by molar-refractivity contribution is -0.141. The summed E-state index contributed by atoms with van der Waals surface area (Å²) in [7, 11) is -2.37. The molecule has 3 rings (SSSR count). The number of rotatable bonds is 9. The quantitative estimate of drug-likeness (QED) is 0.223. The summed E-state index contributed by atoms with van der Waals surface area (Å²) in [5, 5.41) is 2.54. The van der Waals surface area contributed by atoms with Gasteiger partial charge in [0, 0.05) is 20.4 Å². The van der Waals surface area contributed by atoms with Gasteiger partial charge in [-0.2, -0.15) is 0 Å². The van der Waals surface area contributed by atoms with E-state index < -0.39 is 16.4 Å². The maximum absolute atomic E-state index is 12.3. The molecule has 3 nitrogen and oxygen atoms in total. The zero-order valence-electron chi connectivity index (χ0n) is 22.7. The molecule has 190 valence electrons. The second kappa shape index (κ2) is 11.4. The molecular weight excluding hydrogens is 464 g/mol. The molecule has 1 aliphatic rings. The Morgan fingerprint density at radius 2 is 1.49 bits per heavy atom. The van der Waals surface area contributed by atoms with Gasteiger partial charge in [0.15, 0.2) is 0 Å². The van der Waals surface area contributed by atoms with Crippen LogP contribution in [0.25, 0.3) is 0 Å². The molecule has 0 saturated heterocycles. The summed E-state index contributed by atoms with van der Waals surface area (Å²) < 4.78 is 12.6. The normalized spacial score (nSPS) is 21.4. The van der Waals surface area contributed by atoms with Gasteiger partial charge in [-0.15, -0.1) is 0 Å². The third-order valence-electron chi connectivity index (χ3n) is 7.29. The standard InChI is InChI=1S/C30H44O3Si2/c1-30(2,3)35(25-15-10-8-11-16-25,26-17-12-9-13-18-26)33-28-21-20-24(23-29(31)32-4)27(28)19-14-22-34(5,6)7/h8-19,24,27-28H,20-23H2,1-7H3/b19-14+/t24-,27+,28-/m0/s1. The highest BCUT2D eigenvalue weighted by Gasteiger charge is 2.53. The van der Waals surface area contributed by atoms with Crippen molar-refractivity contribution in [3.63, 3.8) is 0 Å². The third-order valence-corrected chi connectivity index (χ3v) is 13.8. The van der Waals surface area contributed by atoms with Crippen LogP contribution >= 0.6 is 0 Å². The molecule has 2 aromatic rings. The number of ether oxygens (including phenoxy) is 1. The number of benzene rings is 2. The predicted molar refractivity (Wildman–Crippen MR) is 153 cm³/mol. The number of esters is 1. The summed E-state index contributed by atoms with van der Waals surface area (Å²) in [5.41, 5.74) is 0. The Hall–Kier alpha value is -1.96. The fourth-order valence-corrected chi connectivity index (χ4v) is 11.1. The molecular formula is C30H44O3Si2. The summed E-state index contributed by atoms with van der Waals surface area (Å²) in [6.07, 6.45) is 7.23. The fraction of sp³-hybridized carbons (Fsp3) is 0.500. The Bertz CT molecular complexity index is 935. The monoisotopic (exact) mass is 508 g/mol. The van der Waals surface area contributed by atoms with Gasteiger partial charge >= 0.3 is 5.97 Å². The van der Waals surface area contributed by atoms with Gasteiger partial charge < -0.3 is 9.16 Å². The van der Waals surface area contributed by atoms with E-state index in [-0.39, 0.29) is 28.9 Å². The molecule has 0 heterocycles. The van der Waals surface area contributed by atoms with Crippen LogP contribution in [0.5, 0.6) is 0 Å². The van der Waals surface area contributed by atoms with Gasteiger partial charge in [-0.25, -0.2) is 0 Å². The summed E-state index contributed by atoms with van der Waals surface area (Å²) in [6.45, 7) is 14.2. The van der Waals surface area contributed by atoms with Crippen LogP contribution in [0.2, 0.25) is 30.7 Å². The van der Waals surface area contributed by atoms with E-state index in [4.69, 9.17) is 9.16 Å². The molecule has 35 heavy (non-hydrogen) atoms. The summed E-state index contributed by atoms with van der Waals surface area (Å²) in [4.78, 5) is 12.3. The second-order valence-corrected chi connectivity index (χ2v) is 22.0. The zero-order chi connectivity index (χ0) is 25.7. The van der Waals surface area contributed by atoms with Crippen molar-refractivity contribution in [1.29, 1.82) is 0 Å². The van der Waals surface area contributed by atoms with Crippen molar-refractivity contribution in [2.24, 2.45) is 11.8 Å². The first kappa shape index (κ1) is 27.6. The van der Waals surface area contributed by atoms with E-state index in [9.17, 15) is 4.79 Å². The van der Waals surface area contributed by atoms with E-state index in [2.05, 4.69) is 113 Å². The van der Waals surface area contributed by atoms with Gasteiger partial charge in [0.25, 0.3) is 8.32 Å². The highest BCUT2D eigenvalue weighted by molar-refractivity contribution is 6.99. The maximum Gasteiger partial charge on any atom is 0.305 e. The van der Waals surface area contributed by atoms with Crippen LogP contribution in [-0.2, 0) is 14.0 Å². The van der Waals surface area contributed by atoms with Crippen LogP contribution in [0.15, 0.2) is 72.8 Å². The SMILES string of the molecule is COC(=O)C[C@@H]1CC[C@H](O[Si](c2ccccc2)(c2ccccc2)C(C)(C)C)[C@@H]1/C=C/C[Si](C)(C)C. The topological polar surface area (TPSA) is 35.5 Å². The maximum atomic E-state index is 12.3. The molecule has 1 saturated carbocycles. The zero-order valence-corrected chi connectivity index (χ0v) is 24.7. The number of methoxy groups -OCH3 is 1. The first-order valence-electron chi connectivity index (χ1n) is 13.0. The molecule has 1 fully saturated rings. The lowest BCUT2D eigenvalue weighted by Gasteiger charge is -2.45. The minimum Gasteiger partial charge on any atom is -0.469 e. The first-order valence-corrected chi connectivity index (χ1v) is 18.6. The lowest BCUT2D eigenvalue weighted by Crippen LogP contribution is -2.68. The summed E-state index contributed by atoms with van der Waals surface area (Å²) in [6, 6.07) is 22.8. The van der Waals surface area contributed by atoms with E-state index in [0.29, 0.717) is 6.42 Å². The highest BCUT2D eigenvalue weighted by Crippen LogP contribution is 2.44. The van der Waals surface area contributed by atoms with Crippen LogP contribution in [0, 0.1) is 11.8 Å². The summed E-state index contributed by atoms with van der Waals surface area (Å²) >= 11 is 0. The Labute approximate surface area is 215 Å². The van der Waals surface area contributed by atoms with E-state index in [0.717, 1.165) is 18.9 Å². The Morgan fingerprint density at radius 3 is 1.94 bits per heavy atom. The molecule has 1 aliphatic carbocycles. The van der Waals surface area contributed by atoms with Crippen molar-refractivity contribution in [3.05, 3.63) is 72.8 Å². The average Bonchev–Trinajstić information content (AvgIpc) is 3.17. The van der Waals surface area contributed by atoms with Crippen molar-refractivity contribution in [2.45, 2.75) is 76.9 Å². The van der Waals surface area contributed by atoms with Crippen LogP contribution < -0.4 is 10.4 Å². The summed E-state index contributed by atoms with van der Waals surface area (Å²) in [5.74, 6) is 0.348. The molecule has 0 amide bonds. The van der Waals surface area contributed by atoms with Gasteiger partial charge in [0.05, 0.1) is 13.2 Å². The van der Waals surface area contributed by atoms with Gasteiger partial charge in [-0.1, -0.05) is 113 Å². The largest absolute Gasteiger partial charge is 0.469 e. The minimum absolute atomic E-state index is 0.0667. The Kier molecular flexibility index (Phi) is 9.00. The molecule has 0 aliphatic heterocycles. The highest BCUT2D eigenvalue weighted by atomic mass is 28.4. The van der Waals surface area contributed by atoms with Gasteiger partial charge in [0.1, 0.15) is 0 Å². The third kappa shape index (κ3) is 6.63. The van der Waals surface area contributed by atoms with Gasteiger partial charge in [-0.05, 0) is 40.2 Å². The molecule has 5 heteroatoms. The van der Waals surface area contributed by atoms with Crippen molar-refractivity contribution in [3.8, 4) is 0 Å². The molecule has 0 N–H and O–H groups in total. The van der Waals surface area contributed by atoms with Crippen LogP contribution in [0.3, 0.4) is 0 Å². The molecule has 0 radical (unpaired) electrons. The van der Waals surface area contributed by atoms with Gasteiger partial charge in [0.2, 0.25) is 0 Å². The van der Waals surface area contributed by atoms with Crippen molar-refractivity contribution < 1.29 is 14.0 Å². The first-order chi connectivity index (χ1) is 16.5. The van der Waals surface area contributed by atoms with Crippen LogP contribution in [0.1, 0.15) is 40.0 Å².